The second-order valence-corrected chi connectivity index (χ2v) is 6.71. The lowest BCUT2D eigenvalue weighted by atomic mass is 10.2. The molecule has 140 valence electrons. The Bertz CT molecular complexity index is 1180. The SMILES string of the molecule is O=C(CSc1nnc2c(n1)[nH]c1ccc(F)cc12)NNC(=O)c1ccccc1. The van der Waals surface area contributed by atoms with Crippen LogP contribution in [-0.4, -0.2) is 37.7 Å². The number of rotatable bonds is 4. The van der Waals surface area contributed by atoms with Crippen LogP contribution in [0.2, 0.25) is 0 Å². The normalized spacial score (nSPS) is 10.9. The van der Waals surface area contributed by atoms with E-state index < -0.39 is 11.8 Å². The fraction of sp³-hybridized carbons (Fsp3) is 0.0556. The number of aromatic amines is 1. The van der Waals surface area contributed by atoms with Crippen molar-refractivity contribution >= 4 is 45.6 Å². The highest BCUT2D eigenvalue weighted by Crippen LogP contribution is 2.24. The van der Waals surface area contributed by atoms with Gasteiger partial charge < -0.3 is 4.98 Å². The van der Waals surface area contributed by atoms with Crippen LogP contribution in [0.1, 0.15) is 10.4 Å². The highest BCUT2D eigenvalue weighted by molar-refractivity contribution is 7.99. The van der Waals surface area contributed by atoms with Crippen LogP contribution < -0.4 is 10.9 Å². The summed E-state index contributed by atoms with van der Waals surface area (Å²) in [5.41, 5.74) is 6.71. The first-order valence-corrected chi connectivity index (χ1v) is 9.17. The molecule has 10 heteroatoms. The first-order chi connectivity index (χ1) is 13.6. The van der Waals surface area contributed by atoms with Crippen molar-refractivity contribution in [3.05, 3.63) is 59.9 Å². The summed E-state index contributed by atoms with van der Waals surface area (Å²) in [5, 5.41) is 8.91. The third-order valence-corrected chi connectivity index (χ3v) is 4.68. The van der Waals surface area contributed by atoms with Gasteiger partial charge in [0.15, 0.2) is 5.65 Å². The van der Waals surface area contributed by atoms with Gasteiger partial charge in [-0.15, -0.1) is 10.2 Å². The van der Waals surface area contributed by atoms with Crippen LogP contribution in [0.15, 0.2) is 53.7 Å². The zero-order chi connectivity index (χ0) is 19.5. The highest BCUT2D eigenvalue weighted by Gasteiger charge is 2.12. The maximum absolute atomic E-state index is 13.4. The van der Waals surface area contributed by atoms with Crippen molar-refractivity contribution in [1.29, 1.82) is 0 Å². The third-order valence-electron chi connectivity index (χ3n) is 3.84. The molecule has 3 N–H and O–H groups in total. The molecule has 0 bridgehead atoms. The van der Waals surface area contributed by atoms with Gasteiger partial charge in [0.25, 0.3) is 5.91 Å². The number of nitrogens with zero attached hydrogens (tertiary/aromatic N) is 3. The maximum Gasteiger partial charge on any atom is 0.269 e. The topological polar surface area (TPSA) is 113 Å². The van der Waals surface area contributed by atoms with Gasteiger partial charge in [-0.2, -0.15) is 0 Å². The second-order valence-electron chi connectivity index (χ2n) is 5.76. The Labute approximate surface area is 161 Å². The fourth-order valence-corrected chi connectivity index (χ4v) is 3.13. The summed E-state index contributed by atoms with van der Waals surface area (Å²) < 4.78 is 13.4. The molecular formula is C18H13FN6O2S. The van der Waals surface area contributed by atoms with Gasteiger partial charge >= 0.3 is 0 Å². The number of fused-ring (bicyclic) bond motifs is 3. The number of carbonyl (C=O) groups excluding carboxylic acids is 2. The molecule has 0 saturated carbocycles. The number of halogens is 1. The molecule has 8 nitrogen and oxygen atoms in total. The zero-order valence-corrected chi connectivity index (χ0v) is 15.1. The van der Waals surface area contributed by atoms with Crippen LogP contribution in [0.4, 0.5) is 4.39 Å². The van der Waals surface area contributed by atoms with Crippen LogP contribution >= 0.6 is 11.8 Å². The summed E-state index contributed by atoms with van der Waals surface area (Å²) in [6.07, 6.45) is 0. The first-order valence-electron chi connectivity index (χ1n) is 8.19. The van der Waals surface area contributed by atoms with E-state index in [0.717, 1.165) is 11.8 Å². The van der Waals surface area contributed by atoms with Crippen LogP contribution in [0, 0.1) is 5.82 Å². The number of aromatic nitrogens is 4. The number of amides is 2. The number of nitrogens with one attached hydrogen (secondary N) is 3. The van der Waals surface area contributed by atoms with Gasteiger partial charge in [0, 0.05) is 16.5 Å². The minimum absolute atomic E-state index is 0.0168. The van der Waals surface area contributed by atoms with Crippen molar-refractivity contribution in [2.45, 2.75) is 5.16 Å². The fourth-order valence-electron chi connectivity index (χ4n) is 2.54. The number of hydrogen-bond donors (Lipinski definition) is 3. The van der Waals surface area contributed by atoms with Crippen molar-refractivity contribution in [3.63, 3.8) is 0 Å². The monoisotopic (exact) mass is 396 g/mol. The third kappa shape index (κ3) is 3.76. The molecule has 2 aromatic carbocycles. The molecule has 2 amide bonds. The minimum Gasteiger partial charge on any atom is -0.338 e. The van der Waals surface area contributed by atoms with E-state index in [1.54, 1.807) is 36.4 Å². The van der Waals surface area contributed by atoms with Crippen LogP contribution in [0.3, 0.4) is 0 Å². The lowest BCUT2D eigenvalue weighted by molar-refractivity contribution is -0.119. The molecular weight excluding hydrogens is 383 g/mol. The molecule has 0 radical (unpaired) electrons. The van der Waals surface area contributed by atoms with Crippen molar-refractivity contribution in [1.82, 2.24) is 31.0 Å². The standard InChI is InChI=1S/C18H13FN6O2S/c19-11-6-7-13-12(8-11)15-16(20-13)21-18(25-23-15)28-9-14(26)22-24-17(27)10-4-2-1-3-5-10/h1-8H,9H2,(H,22,26)(H,24,27)(H,20,21,25). The van der Waals surface area contributed by atoms with Crippen LogP contribution in [0.5, 0.6) is 0 Å². The van der Waals surface area contributed by atoms with Gasteiger partial charge in [-0.3, -0.25) is 20.4 Å². The van der Waals surface area contributed by atoms with E-state index in [4.69, 9.17) is 0 Å². The quantitative estimate of drug-likeness (QED) is 0.360. The summed E-state index contributed by atoms with van der Waals surface area (Å²) in [5.74, 6) is -1.22. The molecule has 4 rings (SSSR count). The zero-order valence-electron chi connectivity index (χ0n) is 14.3. The Balaban J connectivity index is 1.37. The number of carbonyl (C=O) groups is 2. The predicted octanol–water partition coefficient (Wildman–Crippen LogP) is 2.20. The molecule has 2 aromatic heterocycles. The predicted molar refractivity (Wildman–Crippen MR) is 102 cm³/mol. The van der Waals surface area contributed by atoms with E-state index in [0.29, 0.717) is 27.6 Å². The van der Waals surface area contributed by atoms with Crippen molar-refractivity contribution in [2.75, 3.05) is 5.75 Å². The minimum atomic E-state index is -0.420. The van der Waals surface area contributed by atoms with Gasteiger partial charge in [-0.25, -0.2) is 9.37 Å². The summed E-state index contributed by atoms with van der Waals surface area (Å²) in [4.78, 5) is 31.1. The van der Waals surface area contributed by atoms with Crippen LogP contribution in [0.25, 0.3) is 22.1 Å². The Morgan fingerprint density at radius 2 is 1.89 bits per heavy atom. The Morgan fingerprint density at radius 3 is 2.71 bits per heavy atom. The van der Waals surface area contributed by atoms with E-state index in [1.807, 2.05) is 0 Å². The molecule has 0 aliphatic heterocycles. The molecule has 0 fully saturated rings. The van der Waals surface area contributed by atoms with Gasteiger partial charge in [0.05, 0.1) is 5.75 Å². The molecule has 0 spiro atoms. The average molecular weight is 396 g/mol. The van der Waals surface area contributed by atoms with E-state index >= 15 is 0 Å². The molecule has 0 unspecified atom stereocenters. The number of hydrogen-bond acceptors (Lipinski definition) is 6. The van der Waals surface area contributed by atoms with Crippen molar-refractivity contribution in [3.8, 4) is 0 Å². The summed E-state index contributed by atoms with van der Waals surface area (Å²) in [6, 6.07) is 12.8. The molecule has 2 heterocycles. The Kier molecular flexibility index (Phi) is 4.85. The van der Waals surface area contributed by atoms with E-state index in [9.17, 15) is 14.0 Å². The van der Waals surface area contributed by atoms with Crippen molar-refractivity contribution in [2.24, 2.45) is 0 Å². The number of benzene rings is 2. The molecule has 0 aliphatic carbocycles. The molecule has 0 aliphatic rings. The number of H-pyrrole nitrogens is 1. The van der Waals surface area contributed by atoms with E-state index in [2.05, 4.69) is 31.0 Å². The largest absolute Gasteiger partial charge is 0.338 e. The van der Waals surface area contributed by atoms with Gasteiger partial charge in [-0.05, 0) is 30.3 Å². The summed E-state index contributed by atoms with van der Waals surface area (Å²) in [6.45, 7) is 0. The molecule has 0 saturated heterocycles. The highest BCUT2D eigenvalue weighted by atomic mass is 32.2. The molecule has 28 heavy (non-hydrogen) atoms. The maximum atomic E-state index is 13.4. The number of thioether (sulfide) groups is 1. The lowest BCUT2D eigenvalue weighted by Gasteiger charge is -2.06. The average Bonchev–Trinajstić information content (AvgIpc) is 3.08. The van der Waals surface area contributed by atoms with E-state index in [1.165, 1.54) is 12.1 Å². The summed E-state index contributed by atoms with van der Waals surface area (Å²) >= 11 is 1.06. The van der Waals surface area contributed by atoms with Crippen molar-refractivity contribution < 1.29 is 14.0 Å². The summed E-state index contributed by atoms with van der Waals surface area (Å²) in [7, 11) is 0. The lowest BCUT2D eigenvalue weighted by Crippen LogP contribution is -2.42. The first kappa shape index (κ1) is 17.9. The number of hydrazine groups is 1. The van der Waals surface area contributed by atoms with Gasteiger partial charge in [0.2, 0.25) is 11.1 Å². The van der Waals surface area contributed by atoms with Gasteiger partial charge in [0.1, 0.15) is 11.3 Å². The second kappa shape index (κ2) is 7.61. The van der Waals surface area contributed by atoms with Crippen LogP contribution in [-0.2, 0) is 4.79 Å². The Hall–Kier alpha value is -3.53. The van der Waals surface area contributed by atoms with E-state index in [-0.39, 0.29) is 16.7 Å². The van der Waals surface area contributed by atoms with Gasteiger partial charge in [-0.1, -0.05) is 30.0 Å². The Morgan fingerprint density at radius 1 is 1.07 bits per heavy atom. The smallest absolute Gasteiger partial charge is 0.269 e. The molecule has 4 aromatic rings. The molecule has 0 atom stereocenters.